The van der Waals surface area contributed by atoms with Crippen LogP contribution in [-0.4, -0.2) is 33.4 Å². The van der Waals surface area contributed by atoms with Gasteiger partial charge < -0.3 is 10.1 Å². The highest BCUT2D eigenvalue weighted by Gasteiger charge is 2.30. The van der Waals surface area contributed by atoms with Gasteiger partial charge in [0.05, 0.1) is 18.4 Å². The summed E-state index contributed by atoms with van der Waals surface area (Å²) < 4.78 is 49.9. The summed E-state index contributed by atoms with van der Waals surface area (Å²) in [6.45, 7) is 2.09. The first-order chi connectivity index (χ1) is 16.7. The lowest BCUT2D eigenvalue weighted by Gasteiger charge is -2.09. The lowest BCUT2D eigenvalue weighted by molar-refractivity contribution is -0.755. The highest BCUT2D eigenvalue weighted by molar-refractivity contribution is 5.98. The molecule has 4 rings (SSSR count). The number of rotatable bonds is 6. The molecule has 4 aromatic rings. The van der Waals surface area contributed by atoms with Gasteiger partial charge in [0.15, 0.2) is 0 Å². The number of amides is 2. The molecule has 0 saturated heterocycles. The van der Waals surface area contributed by atoms with Gasteiger partial charge in [0.2, 0.25) is 11.8 Å². The van der Waals surface area contributed by atoms with Crippen LogP contribution in [0.25, 0.3) is 11.1 Å². The highest BCUT2D eigenvalue weighted by atomic mass is 19.4. The number of nitrogens with one attached hydrogen (secondary N) is 2. The van der Waals surface area contributed by atoms with Gasteiger partial charge in [0.1, 0.15) is 5.69 Å². The first-order valence-electron chi connectivity index (χ1n) is 10.2. The van der Waals surface area contributed by atoms with Crippen LogP contribution in [0.3, 0.4) is 0 Å². The number of alkyl halides is 3. The number of carbonyl (C=O) groups excluding carboxylic acids is 1. The quantitative estimate of drug-likeness (QED) is 0.398. The van der Waals surface area contributed by atoms with Crippen LogP contribution in [0, 0.1) is 6.92 Å². The van der Waals surface area contributed by atoms with Crippen molar-refractivity contribution in [3.8, 4) is 17.1 Å². The Labute approximate surface area is 196 Å². The van der Waals surface area contributed by atoms with E-state index in [2.05, 4.69) is 30.9 Å². The molecule has 0 aliphatic carbocycles. The number of anilines is 2. The maximum atomic E-state index is 12.8. The summed E-state index contributed by atoms with van der Waals surface area (Å²) >= 11 is 0. The van der Waals surface area contributed by atoms with E-state index in [-0.39, 0.29) is 24.1 Å². The lowest BCUT2D eigenvalue weighted by Crippen LogP contribution is -2.35. The fourth-order valence-corrected chi connectivity index (χ4v) is 3.13. The third kappa shape index (κ3) is 5.88. The molecule has 0 aliphatic rings. The smallest absolute Gasteiger partial charge is 0.416 e. The summed E-state index contributed by atoms with van der Waals surface area (Å²) in [5, 5.41) is 8.50. The Hall–Kier alpha value is -4.55. The van der Waals surface area contributed by atoms with Gasteiger partial charge in [0, 0.05) is 29.2 Å². The van der Waals surface area contributed by atoms with Crippen LogP contribution in [0.4, 0.5) is 29.5 Å². The number of aromatic nitrogens is 5. The Morgan fingerprint density at radius 3 is 2.66 bits per heavy atom. The third-order valence-corrected chi connectivity index (χ3v) is 4.79. The number of methoxy groups -OCH3 is 1. The number of nitrogens with zero attached hydrogens (tertiary/aromatic N) is 5. The largest absolute Gasteiger partial charge is 0.467 e. The molecule has 2 amide bonds. The van der Waals surface area contributed by atoms with Crippen molar-refractivity contribution < 1.29 is 31.9 Å². The van der Waals surface area contributed by atoms with Crippen molar-refractivity contribution in [1.82, 2.24) is 20.2 Å². The van der Waals surface area contributed by atoms with E-state index in [0.717, 1.165) is 29.0 Å². The van der Waals surface area contributed by atoms with Crippen molar-refractivity contribution in [2.75, 3.05) is 17.7 Å². The molecule has 180 valence electrons. The maximum absolute atomic E-state index is 12.8. The normalized spacial score (nSPS) is 11.2. The van der Waals surface area contributed by atoms with Crippen molar-refractivity contribution in [2.45, 2.75) is 19.6 Å². The summed E-state index contributed by atoms with van der Waals surface area (Å²) in [6, 6.07) is 7.44. The topological polar surface area (TPSA) is 119 Å². The summed E-state index contributed by atoms with van der Waals surface area (Å²) in [4.78, 5) is 24.9. The molecule has 0 unspecified atom stereocenters. The minimum absolute atomic E-state index is 0.00268. The van der Waals surface area contributed by atoms with E-state index in [1.165, 1.54) is 30.1 Å². The molecular weight excluding hydrogens is 467 g/mol. The molecule has 35 heavy (non-hydrogen) atoms. The van der Waals surface area contributed by atoms with Gasteiger partial charge in [-0.05, 0) is 35.9 Å². The Morgan fingerprint density at radius 2 is 1.97 bits per heavy atom. The highest BCUT2D eigenvalue weighted by Crippen LogP contribution is 2.30. The molecule has 0 radical (unpaired) electrons. The molecule has 10 nitrogen and oxygen atoms in total. The minimum Gasteiger partial charge on any atom is -0.467 e. The maximum Gasteiger partial charge on any atom is 0.416 e. The van der Waals surface area contributed by atoms with Crippen molar-refractivity contribution >= 4 is 17.6 Å². The van der Waals surface area contributed by atoms with Crippen LogP contribution in [-0.2, 0) is 12.7 Å². The number of hydrogen-bond acceptors (Lipinski definition) is 7. The van der Waals surface area contributed by atoms with Gasteiger partial charge in [-0.25, -0.2) is 9.78 Å². The Bertz CT molecular complexity index is 1340. The van der Waals surface area contributed by atoms with E-state index < -0.39 is 17.8 Å². The second-order valence-electron chi connectivity index (χ2n) is 7.32. The number of hydrogen-bond donors (Lipinski definition) is 2. The molecule has 0 spiro atoms. The third-order valence-electron chi connectivity index (χ3n) is 4.79. The van der Waals surface area contributed by atoms with Crippen LogP contribution >= 0.6 is 0 Å². The molecular formula is C22H19F3N7O3+. The second kappa shape index (κ2) is 9.75. The molecule has 0 aliphatic heterocycles. The van der Waals surface area contributed by atoms with Crippen LogP contribution in [0.1, 0.15) is 17.0 Å². The van der Waals surface area contributed by atoms with E-state index in [9.17, 15) is 18.0 Å². The van der Waals surface area contributed by atoms with Crippen molar-refractivity contribution in [3.05, 3.63) is 71.9 Å². The molecule has 3 heterocycles. The number of benzene rings is 1. The van der Waals surface area contributed by atoms with Gasteiger partial charge >= 0.3 is 24.1 Å². The number of halogens is 3. The molecule has 3 aromatic heterocycles. The standard InChI is InChI=1S/C22H18F3N7O3/c1-13-18(10-27-21(28-13)34-2)14-6-7-17(26-9-14)11-32-12-19(35-31-32)30-20(33)29-16-5-3-4-15(8-16)22(23,24)25/h3-10,12H,11H2,1-2H3,(H-,29,30,31,33)/p+1. The predicted molar refractivity (Wildman–Crippen MR) is 116 cm³/mol. The van der Waals surface area contributed by atoms with Gasteiger partial charge in [-0.2, -0.15) is 18.2 Å². The zero-order chi connectivity index (χ0) is 25.0. The minimum atomic E-state index is -4.52. The molecule has 1 aromatic carbocycles. The molecule has 0 saturated carbocycles. The molecule has 0 atom stereocenters. The zero-order valence-electron chi connectivity index (χ0n) is 18.5. The zero-order valence-corrected chi connectivity index (χ0v) is 18.5. The average Bonchev–Trinajstić information content (AvgIpc) is 3.25. The number of aryl methyl sites for hydroxylation is 1. The Kier molecular flexibility index (Phi) is 6.57. The second-order valence-corrected chi connectivity index (χ2v) is 7.32. The number of carbonyl (C=O) groups is 1. The van der Waals surface area contributed by atoms with Crippen LogP contribution in [0.5, 0.6) is 6.01 Å². The van der Waals surface area contributed by atoms with Gasteiger partial charge in [-0.15, -0.1) is 0 Å². The van der Waals surface area contributed by atoms with Crippen LogP contribution < -0.4 is 20.1 Å². The molecule has 13 heteroatoms. The summed E-state index contributed by atoms with van der Waals surface area (Å²) in [5.74, 6) is -0.00268. The monoisotopic (exact) mass is 486 g/mol. The van der Waals surface area contributed by atoms with E-state index in [0.29, 0.717) is 5.69 Å². The molecule has 0 fully saturated rings. The van der Waals surface area contributed by atoms with E-state index in [1.807, 2.05) is 13.0 Å². The van der Waals surface area contributed by atoms with Crippen molar-refractivity contribution in [3.63, 3.8) is 0 Å². The lowest BCUT2D eigenvalue weighted by atomic mass is 10.1. The van der Waals surface area contributed by atoms with Gasteiger partial charge in [-0.1, -0.05) is 12.1 Å². The fourth-order valence-electron chi connectivity index (χ4n) is 3.13. The summed E-state index contributed by atoms with van der Waals surface area (Å²) in [6.07, 6.45) is 0.239. The molecule has 2 N–H and O–H groups in total. The SMILES string of the molecule is COc1ncc(-c2ccc(C[n+]3cc(NC(=O)Nc4cccc(C(F)(F)F)c4)on3)nc2)c(C)n1. The van der Waals surface area contributed by atoms with Crippen molar-refractivity contribution in [1.29, 1.82) is 0 Å². The number of ether oxygens (including phenoxy) is 1. The van der Waals surface area contributed by atoms with Crippen LogP contribution in [0.15, 0.2) is 59.5 Å². The van der Waals surface area contributed by atoms with Gasteiger partial charge in [-0.3, -0.25) is 14.8 Å². The first-order valence-corrected chi connectivity index (χ1v) is 10.2. The number of pyridine rings is 1. The Morgan fingerprint density at radius 1 is 1.14 bits per heavy atom. The fraction of sp³-hybridized carbons (Fsp3) is 0.182. The number of urea groups is 1. The summed E-state index contributed by atoms with van der Waals surface area (Å²) in [5.41, 5.74) is 2.16. The van der Waals surface area contributed by atoms with E-state index in [4.69, 9.17) is 9.26 Å². The first kappa shape index (κ1) is 23.6. The van der Waals surface area contributed by atoms with E-state index >= 15 is 0 Å². The summed E-state index contributed by atoms with van der Waals surface area (Å²) in [7, 11) is 1.50. The molecule has 0 bridgehead atoms. The van der Waals surface area contributed by atoms with Crippen molar-refractivity contribution in [2.24, 2.45) is 0 Å². The van der Waals surface area contributed by atoms with E-state index in [1.54, 1.807) is 18.5 Å². The Balaban J connectivity index is 1.36. The average molecular weight is 486 g/mol. The predicted octanol–water partition coefficient (Wildman–Crippen LogP) is 3.84. The van der Waals surface area contributed by atoms with Gasteiger partial charge in [0.25, 0.3) is 6.20 Å². The van der Waals surface area contributed by atoms with Crippen LogP contribution in [0.2, 0.25) is 0 Å².